The van der Waals surface area contributed by atoms with E-state index in [0.29, 0.717) is 6.26 Å². The molecule has 0 bridgehead atoms. The maximum absolute atomic E-state index is 13.9. The van der Waals surface area contributed by atoms with Gasteiger partial charge in [-0.1, -0.05) is 0 Å². The van der Waals surface area contributed by atoms with E-state index in [4.69, 9.17) is 0 Å². The average molecular weight is 323 g/mol. The van der Waals surface area contributed by atoms with Crippen LogP contribution in [-0.2, 0) is 19.7 Å². The molecule has 0 unspecified atom stereocenters. The van der Waals surface area contributed by atoms with Crippen molar-refractivity contribution in [3.8, 4) is 0 Å². The molecule has 0 atom stereocenters. The molecule has 20 heavy (non-hydrogen) atoms. The number of hydrogen-bond acceptors (Lipinski definition) is 6. The summed E-state index contributed by atoms with van der Waals surface area (Å²) in [6, 6.07) is 1.61. The minimum Gasteiger partial charge on any atom is -0.313 e. The van der Waals surface area contributed by atoms with Gasteiger partial charge in [-0.2, -0.15) is 0 Å². The molecular weight excluding hydrogens is 309 g/mol. The number of Topliss-reactive ketones (excluding diaryl/α,β-unsaturated/α-hetero) is 1. The smallest absolute Gasteiger partial charge is 0.179 e. The highest BCUT2D eigenvalue weighted by Gasteiger charge is 2.27. The third-order valence-corrected chi connectivity index (χ3v) is 4.85. The van der Waals surface area contributed by atoms with Crippen LogP contribution in [0.3, 0.4) is 0 Å². The summed E-state index contributed by atoms with van der Waals surface area (Å²) < 4.78 is 60.2. The molecule has 0 aliphatic carbocycles. The Bertz CT molecular complexity index is 753. The maximum Gasteiger partial charge on any atom is 0.179 e. The van der Waals surface area contributed by atoms with Gasteiger partial charge in [0.2, 0.25) is 0 Å². The predicted molar refractivity (Wildman–Crippen MR) is 70.9 cm³/mol. The molecule has 9 heteroatoms. The van der Waals surface area contributed by atoms with Crippen molar-refractivity contribution in [3.05, 3.63) is 23.5 Å². The molecule has 0 spiro atoms. The Kier molecular flexibility index (Phi) is 4.67. The van der Waals surface area contributed by atoms with Gasteiger partial charge in [0.1, 0.15) is 10.7 Å². The van der Waals surface area contributed by atoms with Gasteiger partial charge in [-0.05, 0) is 19.2 Å². The lowest BCUT2D eigenvalue weighted by atomic mass is 10.1. The first-order chi connectivity index (χ1) is 8.98. The third-order valence-electron chi connectivity index (χ3n) is 2.44. The summed E-state index contributed by atoms with van der Waals surface area (Å²) in [6.07, 6.45) is 1.46. The fraction of sp³-hybridized carbons (Fsp3) is 0.364. The van der Waals surface area contributed by atoms with Crippen LogP contribution in [0.5, 0.6) is 0 Å². The van der Waals surface area contributed by atoms with Gasteiger partial charge < -0.3 is 5.32 Å². The molecule has 0 aliphatic rings. The summed E-state index contributed by atoms with van der Waals surface area (Å²) in [4.78, 5) is 10.0. The van der Waals surface area contributed by atoms with Gasteiger partial charge in [-0.15, -0.1) is 0 Å². The molecule has 6 nitrogen and oxygen atoms in total. The number of carbonyl (C=O) groups is 1. The zero-order valence-electron chi connectivity index (χ0n) is 11.1. The number of sulfone groups is 2. The first-order valence-corrected chi connectivity index (χ1v) is 9.18. The van der Waals surface area contributed by atoms with Crippen LogP contribution in [0, 0.1) is 5.82 Å². The molecule has 1 aromatic rings. The Balaban J connectivity index is 3.72. The topological polar surface area (TPSA) is 97.4 Å². The van der Waals surface area contributed by atoms with Crippen LogP contribution < -0.4 is 5.32 Å². The second-order valence-corrected chi connectivity index (χ2v) is 8.22. The van der Waals surface area contributed by atoms with Crippen LogP contribution >= 0.6 is 0 Å². The monoisotopic (exact) mass is 323 g/mol. The number of rotatable bonds is 5. The van der Waals surface area contributed by atoms with Crippen molar-refractivity contribution in [2.75, 3.05) is 26.1 Å². The van der Waals surface area contributed by atoms with Crippen LogP contribution in [-0.4, -0.2) is 48.7 Å². The molecule has 0 aliphatic heterocycles. The Morgan fingerprint density at radius 2 is 1.70 bits per heavy atom. The minimum absolute atomic E-state index is 0.124. The summed E-state index contributed by atoms with van der Waals surface area (Å²) in [5.74, 6) is -1.80. The summed E-state index contributed by atoms with van der Waals surface area (Å²) in [7, 11) is -6.59. The van der Waals surface area contributed by atoms with E-state index in [-0.39, 0.29) is 12.1 Å². The second kappa shape index (κ2) is 5.58. The molecule has 1 N–H and O–H groups in total. The minimum atomic E-state index is -4.08. The van der Waals surface area contributed by atoms with E-state index >= 15 is 0 Å². The SMILES string of the molecule is CNCC(=O)c1cc(F)c(S(C)(=O)=O)c(S(C)(=O)=O)c1. The molecule has 0 saturated heterocycles. The fourth-order valence-electron chi connectivity index (χ4n) is 1.63. The third kappa shape index (κ3) is 3.62. The molecule has 0 heterocycles. The molecule has 0 aromatic heterocycles. The van der Waals surface area contributed by atoms with E-state index in [1.54, 1.807) is 0 Å². The lowest BCUT2D eigenvalue weighted by Gasteiger charge is -2.10. The zero-order chi connectivity index (χ0) is 15.7. The molecule has 112 valence electrons. The van der Waals surface area contributed by atoms with Crippen molar-refractivity contribution in [2.24, 2.45) is 0 Å². The lowest BCUT2D eigenvalue weighted by molar-refractivity contribution is 0.0992. The van der Waals surface area contributed by atoms with Crippen LogP contribution in [0.1, 0.15) is 10.4 Å². The van der Waals surface area contributed by atoms with E-state index in [9.17, 15) is 26.0 Å². The Morgan fingerprint density at radius 3 is 2.10 bits per heavy atom. The Hall–Kier alpha value is -1.32. The average Bonchev–Trinajstić information content (AvgIpc) is 2.25. The molecule has 1 aromatic carbocycles. The predicted octanol–water partition coefficient (Wildman–Crippen LogP) is 0.0348. The Morgan fingerprint density at radius 1 is 1.15 bits per heavy atom. The number of likely N-dealkylation sites (N-methyl/N-ethyl adjacent to an activating group) is 1. The van der Waals surface area contributed by atoms with Gasteiger partial charge >= 0.3 is 0 Å². The van der Waals surface area contributed by atoms with E-state index in [1.165, 1.54) is 7.05 Å². The standard InChI is InChI=1S/C11H14FNO5S2/c1-13-6-9(14)7-4-8(12)11(20(3,17)18)10(5-7)19(2,15)16/h4-5,13H,6H2,1-3H3. The van der Waals surface area contributed by atoms with E-state index in [0.717, 1.165) is 18.4 Å². The zero-order valence-corrected chi connectivity index (χ0v) is 12.7. The molecule has 0 amide bonds. The number of hydrogen-bond donors (Lipinski definition) is 1. The first kappa shape index (κ1) is 16.7. The van der Waals surface area contributed by atoms with Gasteiger partial charge in [0.25, 0.3) is 0 Å². The molecule has 1 rings (SSSR count). The first-order valence-electron chi connectivity index (χ1n) is 5.40. The summed E-state index contributed by atoms with van der Waals surface area (Å²) in [5.41, 5.74) is -0.204. The van der Waals surface area contributed by atoms with E-state index < -0.39 is 41.1 Å². The van der Waals surface area contributed by atoms with Crippen molar-refractivity contribution in [1.29, 1.82) is 0 Å². The number of ketones is 1. The van der Waals surface area contributed by atoms with Crippen molar-refractivity contribution in [3.63, 3.8) is 0 Å². The summed E-state index contributed by atoms with van der Waals surface area (Å²) in [6.45, 7) is -0.124. The van der Waals surface area contributed by atoms with Crippen LogP contribution in [0.25, 0.3) is 0 Å². The number of halogens is 1. The normalized spacial score (nSPS) is 12.4. The van der Waals surface area contributed by atoms with Crippen LogP contribution in [0.4, 0.5) is 4.39 Å². The lowest BCUT2D eigenvalue weighted by Crippen LogP contribution is -2.20. The summed E-state index contributed by atoms with van der Waals surface area (Å²) >= 11 is 0. The van der Waals surface area contributed by atoms with Crippen LogP contribution in [0.2, 0.25) is 0 Å². The van der Waals surface area contributed by atoms with Gasteiger partial charge in [-0.25, -0.2) is 21.2 Å². The summed E-state index contributed by atoms with van der Waals surface area (Å²) in [5, 5.41) is 2.55. The van der Waals surface area contributed by atoms with Gasteiger partial charge in [-0.3, -0.25) is 4.79 Å². The van der Waals surface area contributed by atoms with Gasteiger partial charge in [0.05, 0.1) is 11.4 Å². The molecule has 0 radical (unpaired) electrons. The van der Waals surface area contributed by atoms with Gasteiger partial charge in [0, 0.05) is 18.1 Å². The molecule has 0 fully saturated rings. The molecule has 0 saturated carbocycles. The quantitative estimate of drug-likeness (QED) is 0.768. The highest BCUT2D eigenvalue weighted by molar-refractivity contribution is 7.93. The Labute approximate surface area is 116 Å². The highest BCUT2D eigenvalue weighted by atomic mass is 32.2. The van der Waals surface area contributed by atoms with E-state index in [2.05, 4.69) is 5.32 Å². The number of benzene rings is 1. The van der Waals surface area contributed by atoms with Crippen LogP contribution in [0.15, 0.2) is 21.9 Å². The largest absolute Gasteiger partial charge is 0.313 e. The highest BCUT2D eigenvalue weighted by Crippen LogP contribution is 2.26. The van der Waals surface area contributed by atoms with Crippen molar-refractivity contribution >= 4 is 25.5 Å². The van der Waals surface area contributed by atoms with Crippen molar-refractivity contribution < 1.29 is 26.0 Å². The molecular formula is C11H14FNO5S2. The maximum atomic E-state index is 13.9. The van der Waals surface area contributed by atoms with Crippen molar-refractivity contribution in [1.82, 2.24) is 5.32 Å². The number of nitrogens with one attached hydrogen (secondary N) is 1. The second-order valence-electron chi connectivity index (χ2n) is 4.28. The van der Waals surface area contributed by atoms with Crippen molar-refractivity contribution in [2.45, 2.75) is 9.79 Å². The van der Waals surface area contributed by atoms with E-state index in [1.807, 2.05) is 0 Å². The fourth-order valence-corrected chi connectivity index (χ4v) is 4.15. The van der Waals surface area contributed by atoms with Gasteiger partial charge in [0.15, 0.2) is 25.5 Å². The number of carbonyl (C=O) groups excluding carboxylic acids is 1.